The van der Waals surface area contributed by atoms with Crippen LogP contribution in [0.3, 0.4) is 0 Å². The van der Waals surface area contributed by atoms with Gasteiger partial charge >= 0.3 is 0 Å². The van der Waals surface area contributed by atoms with Crippen LogP contribution in [0.2, 0.25) is 0 Å². The molecule has 3 N–H and O–H groups in total. The number of amides is 2. The van der Waals surface area contributed by atoms with E-state index in [9.17, 15) is 9.59 Å². The molecule has 0 unspecified atom stereocenters. The zero-order valence-corrected chi connectivity index (χ0v) is 14.1. The van der Waals surface area contributed by atoms with Crippen molar-refractivity contribution >= 4 is 45.8 Å². The van der Waals surface area contributed by atoms with Crippen LogP contribution < -0.4 is 16.0 Å². The first-order chi connectivity index (χ1) is 9.61. The molecular weight excluding hydrogens is 362 g/mol. The number of carbonyl (C=O) groups excluding carboxylic acids is 2. The number of hydrogen-bond donors (Lipinski definition) is 3. The van der Waals surface area contributed by atoms with Gasteiger partial charge in [-0.1, -0.05) is 15.9 Å². The van der Waals surface area contributed by atoms with Crippen LogP contribution in [-0.2, 0) is 14.3 Å². The second kappa shape index (κ2) is 11.5. The maximum absolute atomic E-state index is 11.6. The molecule has 0 bridgehead atoms. The minimum Gasteiger partial charge on any atom is -0.383 e. The molecule has 0 spiro atoms. The molecule has 0 aliphatic heterocycles. The van der Waals surface area contributed by atoms with Crippen molar-refractivity contribution in [2.24, 2.45) is 0 Å². The molecule has 1 aromatic carbocycles. The summed E-state index contributed by atoms with van der Waals surface area (Å²) in [4.78, 5) is 23.0. The molecule has 0 aromatic heterocycles. The van der Waals surface area contributed by atoms with Gasteiger partial charge in [-0.05, 0) is 24.3 Å². The van der Waals surface area contributed by atoms with Crippen molar-refractivity contribution in [3.05, 3.63) is 28.7 Å². The Morgan fingerprint density at radius 1 is 1.14 bits per heavy atom. The monoisotopic (exact) mass is 379 g/mol. The Bertz CT molecular complexity index is 443. The number of ether oxygens (including phenoxy) is 1. The van der Waals surface area contributed by atoms with Gasteiger partial charge in [0.15, 0.2) is 0 Å². The van der Waals surface area contributed by atoms with E-state index < -0.39 is 0 Å². The first kappa shape index (κ1) is 19.9. The van der Waals surface area contributed by atoms with E-state index in [1.165, 1.54) is 0 Å². The normalized spacial score (nSPS) is 9.62. The second-order valence-corrected chi connectivity index (χ2v) is 4.92. The quantitative estimate of drug-likeness (QED) is 0.591. The molecule has 0 atom stereocenters. The summed E-state index contributed by atoms with van der Waals surface area (Å²) in [6.45, 7) is 1.24. The highest BCUT2D eigenvalue weighted by molar-refractivity contribution is 9.10. The Labute approximate surface area is 138 Å². The molecule has 0 heterocycles. The first-order valence-corrected chi connectivity index (χ1v) is 6.93. The third-order valence-electron chi connectivity index (χ3n) is 2.34. The predicted molar refractivity (Wildman–Crippen MR) is 87.8 cm³/mol. The summed E-state index contributed by atoms with van der Waals surface area (Å²) >= 11 is 3.31. The van der Waals surface area contributed by atoms with Gasteiger partial charge in [0, 0.05) is 23.8 Å². The summed E-state index contributed by atoms with van der Waals surface area (Å²) in [5.41, 5.74) is 0.686. The lowest BCUT2D eigenvalue weighted by atomic mass is 10.3. The van der Waals surface area contributed by atoms with Crippen molar-refractivity contribution in [2.75, 3.05) is 38.7 Å². The fourth-order valence-corrected chi connectivity index (χ4v) is 1.62. The Morgan fingerprint density at radius 3 is 2.43 bits per heavy atom. The molecule has 8 heteroatoms. The highest BCUT2D eigenvalue weighted by Crippen LogP contribution is 2.13. The molecule has 1 rings (SSSR count). The first-order valence-electron chi connectivity index (χ1n) is 6.13. The second-order valence-electron chi connectivity index (χ2n) is 4.00. The van der Waals surface area contributed by atoms with Crippen molar-refractivity contribution in [2.45, 2.75) is 0 Å². The molecule has 1 aromatic rings. The van der Waals surface area contributed by atoms with Gasteiger partial charge in [0.05, 0.1) is 19.7 Å². The predicted octanol–water partition coefficient (Wildman–Crippen LogP) is 1.16. The van der Waals surface area contributed by atoms with E-state index in [1.54, 1.807) is 19.2 Å². The van der Waals surface area contributed by atoms with Gasteiger partial charge in [0.1, 0.15) is 0 Å². The number of rotatable bonds is 8. The van der Waals surface area contributed by atoms with Crippen LogP contribution in [-0.4, -0.2) is 45.2 Å². The molecule has 0 aliphatic rings. The van der Waals surface area contributed by atoms with E-state index in [4.69, 9.17) is 4.74 Å². The summed E-state index contributed by atoms with van der Waals surface area (Å²) in [6.07, 6.45) is 0. The zero-order chi connectivity index (χ0) is 14.8. The zero-order valence-electron chi connectivity index (χ0n) is 11.6. The van der Waals surface area contributed by atoms with Crippen LogP contribution in [0.1, 0.15) is 0 Å². The summed E-state index contributed by atoms with van der Waals surface area (Å²) in [7, 11) is 1.59. The van der Waals surface area contributed by atoms with Crippen LogP contribution in [0.4, 0.5) is 5.69 Å². The van der Waals surface area contributed by atoms with E-state index in [0.29, 0.717) is 18.8 Å². The SMILES string of the molecule is COCCNCC(=O)NCC(=O)Nc1ccc(Br)cc1.Cl. The molecule has 118 valence electrons. The lowest BCUT2D eigenvalue weighted by molar-refractivity contribution is -0.123. The number of hydrogen-bond acceptors (Lipinski definition) is 4. The Hall–Kier alpha value is -1.15. The van der Waals surface area contributed by atoms with Crippen LogP contribution in [0.15, 0.2) is 28.7 Å². The van der Waals surface area contributed by atoms with Crippen molar-refractivity contribution in [3.8, 4) is 0 Å². The summed E-state index contributed by atoms with van der Waals surface area (Å²) in [6, 6.07) is 7.20. The summed E-state index contributed by atoms with van der Waals surface area (Å²) in [5.74, 6) is -0.496. The van der Waals surface area contributed by atoms with Gasteiger partial charge in [0.25, 0.3) is 0 Å². The lowest BCUT2D eigenvalue weighted by Crippen LogP contribution is -2.39. The van der Waals surface area contributed by atoms with Crippen LogP contribution >= 0.6 is 28.3 Å². The van der Waals surface area contributed by atoms with E-state index in [-0.39, 0.29) is 37.3 Å². The summed E-state index contributed by atoms with van der Waals surface area (Å²) < 4.78 is 5.77. The van der Waals surface area contributed by atoms with Gasteiger partial charge in [0.2, 0.25) is 11.8 Å². The standard InChI is InChI=1S/C13H18BrN3O3.ClH/c1-20-7-6-15-8-12(18)16-9-13(19)17-11-4-2-10(14)3-5-11;/h2-5,15H,6-9H2,1H3,(H,16,18)(H,17,19);1H. The van der Waals surface area contributed by atoms with Crippen LogP contribution in [0.5, 0.6) is 0 Å². The maximum atomic E-state index is 11.6. The van der Waals surface area contributed by atoms with Gasteiger partial charge < -0.3 is 20.7 Å². The average molecular weight is 381 g/mol. The van der Waals surface area contributed by atoms with Gasteiger partial charge in [-0.15, -0.1) is 12.4 Å². The fraction of sp³-hybridized carbons (Fsp3) is 0.385. The van der Waals surface area contributed by atoms with E-state index in [1.807, 2.05) is 12.1 Å². The van der Waals surface area contributed by atoms with Gasteiger partial charge in [-0.2, -0.15) is 0 Å². The number of anilines is 1. The van der Waals surface area contributed by atoms with Gasteiger partial charge in [-0.25, -0.2) is 0 Å². The molecule has 2 amide bonds. The molecular formula is C13H19BrClN3O3. The lowest BCUT2D eigenvalue weighted by Gasteiger charge is -2.07. The number of benzene rings is 1. The number of carbonyl (C=O) groups is 2. The topological polar surface area (TPSA) is 79.5 Å². The van der Waals surface area contributed by atoms with Crippen molar-refractivity contribution < 1.29 is 14.3 Å². The van der Waals surface area contributed by atoms with Crippen LogP contribution in [0, 0.1) is 0 Å². The minimum atomic E-state index is -0.266. The smallest absolute Gasteiger partial charge is 0.243 e. The van der Waals surface area contributed by atoms with E-state index >= 15 is 0 Å². The molecule has 0 fully saturated rings. The third kappa shape index (κ3) is 9.41. The Kier molecular flexibility index (Phi) is 10.9. The minimum absolute atomic E-state index is 0. The molecule has 6 nitrogen and oxygen atoms in total. The maximum Gasteiger partial charge on any atom is 0.243 e. The van der Waals surface area contributed by atoms with E-state index in [0.717, 1.165) is 4.47 Å². The molecule has 0 aliphatic carbocycles. The van der Waals surface area contributed by atoms with Crippen molar-refractivity contribution in [3.63, 3.8) is 0 Å². The Balaban J connectivity index is 0.00000400. The van der Waals surface area contributed by atoms with E-state index in [2.05, 4.69) is 31.9 Å². The third-order valence-corrected chi connectivity index (χ3v) is 2.87. The highest BCUT2D eigenvalue weighted by atomic mass is 79.9. The number of halogens is 2. The van der Waals surface area contributed by atoms with Gasteiger partial charge in [-0.3, -0.25) is 9.59 Å². The number of nitrogens with one attached hydrogen (secondary N) is 3. The molecule has 0 radical (unpaired) electrons. The fourth-order valence-electron chi connectivity index (χ4n) is 1.36. The number of methoxy groups -OCH3 is 1. The highest BCUT2D eigenvalue weighted by Gasteiger charge is 2.05. The van der Waals surface area contributed by atoms with Crippen molar-refractivity contribution in [1.29, 1.82) is 0 Å². The summed E-state index contributed by atoms with van der Waals surface area (Å²) in [5, 5.41) is 8.11. The van der Waals surface area contributed by atoms with Crippen molar-refractivity contribution in [1.82, 2.24) is 10.6 Å². The largest absolute Gasteiger partial charge is 0.383 e. The molecule has 21 heavy (non-hydrogen) atoms. The molecule has 0 saturated carbocycles. The average Bonchev–Trinajstić information content (AvgIpc) is 2.44. The van der Waals surface area contributed by atoms with Crippen LogP contribution in [0.25, 0.3) is 0 Å². The Morgan fingerprint density at radius 2 is 1.81 bits per heavy atom. The molecule has 0 saturated heterocycles.